The van der Waals surface area contributed by atoms with Crippen molar-refractivity contribution < 1.29 is 13.2 Å². The summed E-state index contributed by atoms with van der Waals surface area (Å²) in [6.45, 7) is 0. The van der Waals surface area contributed by atoms with Crippen LogP contribution in [0.25, 0.3) is 23.1 Å². The first-order chi connectivity index (χ1) is 9.63. The van der Waals surface area contributed by atoms with Crippen LogP contribution < -0.4 is 0 Å². The molecule has 0 saturated heterocycles. The second-order valence-electron chi connectivity index (χ2n) is 4.31. The van der Waals surface area contributed by atoms with Gasteiger partial charge in [0.25, 0.3) is 0 Å². The largest absolute Gasteiger partial charge is 0.277 e. The van der Waals surface area contributed by atoms with Crippen molar-refractivity contribution in [2.24, 2.45) is 0 Å². The van der Waals surface area contributed by atoms with Gasteiger partial charge in [0, 0.05) is 5.39 Å². The van der Waals surface area contributed by atoms with Crippen molar-refractivity contribution in [1.82, 2.24) is 10.2 Å². The van der Waals surface area contributed by atoms with Crippen LogP contribution in [0.1, 0.15) is 11.3 Å². The Morgan fingerprint density at radius 2 is 1.75 bits per heavy atom. The Morgan fingerprint density at radius 3 is 2.55 bits per heavy atom. The topological polar surface area (TPSA) is 28.7 Å². The molecule has 0 spiro atoms. The molecule has 1 N–H and O–H groups in total. The maximum atomic E-state index is 13.1. The highest BCUT2D eigenvalue weighted by molar-refractivity contribution is 5.89. The average Bonchev–Trinajstić information content (AvgIpc) is 2.82. The number of fused-ring (bicyclic) bond motifs is 1. The maximum absolute atomic E-state index is 13.1. The SMILES string of the molecule is Fc1ccc2c(/C=C/c3ccc(F)c(F)c3)n[nH]c2c1. The van der Waals surface area contributed by atoms with Gasteiger partial charge in [-0.15, -0.1) is 0 Å². The third-order valence-electron chi connectivity index (χ3n) is 2.93. The summed E-state index contributed by atoms with van der Waals surface area (Å²) in [4.78, 5) is 0. The number of H-pyrrole nitrogens is 1. The van der Waals surface area contributed by atoms with Crippen LogP contribution in [0.3, 0.4) is 0 Å². The molecule has 0 fully saturated rings. The van der Waals surface area contributed by atoms with Crippen LogP contribution in [-0.4, -0.2) is 10.2 Å². The van der Waals surface area contributed by atoms with E-state index >= 15 is 0 Å². The van der Waals surface area contributed by atoms with E-state index in [4.69, 9.17) is 0 Å². The first-order valence-electron chi connectivity index (χ1n) is 5.90. The molecule has 3 aromatic rings. The normalized spacial score (nSPS) is 11.6. The molecule has 100 valence electrons. The number of hydrogen-bond acceptors (Lipinski definition) is 1. The molecule has 5 heteroatoms. The maximum Gasteiger partial charge on any atom is 0.159 e. The quantitative estimate of drug-likeness (QED) is 0.747. The molecule has 0 aliphatic heterocycles. The van der Waals surface area contributed by atoms with Gasteiger partial charge < -0.3 is 0 Å². The molecule has 3 rings (SSSR count). The van der Waals surface area contributed by atoms with Gasteiger partial charge in [0.1, 0.15) is 5.82 Å². The minimum Gasteiger partial charge on any atom is -0.277 e. The molecule has 0 radical (unpaired) electrons. The third-order valence-corrected chi connectivity index (χ3v) is 2.93. The summed E-state index contributed by atoms with van der Waals surface area (Å²) in [5, 5.41) is 7.51. The first kappa shape index (κ1) is 12.5. The highest BCUT2D eigenvalue weighted by atomic mass is 19.2. The van der Waals surface area contributed by atoms with E-state index in [1.807, 2.05) is 0 Å². The van der Waals surface area contributed by atoms with Crippen molar-refractivity contribution in [1.29, 1.82) is 0 Å². The molecule has 0 aliphatic rings. The smallest absolute Gasteiger partial charge is 0.159 e. The van der Waals surface area contributed by atoms with Gasteiger partial charge in [-0.25, -0.2) is 13.2 Å². The van der Waals surface area contributed by atoms with Crippen LogP contribution >= 0.6 is 0 Å². The summed E-state index contributed by atoms with van der Waals surface area (Å²) >= 11 is 0. The molecule has 0 unspecified atom stereocenters. The number of benzene rings is 2. The zero-order valence-corrected chi connectivity index (χ0v) is 10.2. The van der Waals surface area contributed by atoms with Crippen LogP contribution in [0.15, 0.2) is 36.4 Å². The predicted molar refractivity (Wildman–Crippen MR) is 71.3 cm³/mol. The van der Waals surface area contributed by atoms with E-state index in [0.29, 0.717) is 16.8 Å². The number of nitrogens with one attached hydrogen (secondary N) is 1. The summed E-state index contributed by atoms with van der Waals surface area (Å²) in [5.41, 5.74) is 1.70. The van der Waals surface area contributed by atoms with Gasteiger partial charge in [0.15, 0.2) is 11.6 Å². The van der Waals surface area contributed by atoms with Crippen LogP contribution in [0.4, 0.5) is 13.2 Å². The van der Waals surface area contributed by atoms with Crippen molar-refractivity contribution in [3.05, 3.63) is 65.1 Å². The van der Waals surface area contributed by atoms with E-state index in [0.717, 1.165) is 17.5 Å². The third kappa shape index (κ3) is 2.30. The van der Waals surface area contributed by atoms with Crippen molar-refractivity contribution in [2.75, 3.05) is 0 Å². The van der Waals surface area contributed by atoms with E-state index in [9.17, 15) is 13.2 Å². The Bertz CT molecular complexity index is 806. The van der Waals surface area contributed by atoms with Crippen LogP contribution in [0, 0.1) is 17.5 Å². The molecule has 1 aromatic heterocycles. The molecular formula is C15H9F3N2. The van der Waals surface area contributed by atoms with Gasteiger partial charge in [-0.3, -0.25) is 5.10 Å². The van der Waals surface area contributed by atoms with Gasteiger partial charge in [0.2, 0.25) is 0 Å². The Kier molecular flexibility index (Phi) is 3.02. The zero-order chi connectivity index (χ0) is 14.1. The lowest BCUT2D eigenvalue weighted by atomic mass is 10.1. The lowest BCUT2D eigenvalue weighted by Crippen LogP contribution is -1.83. The van der Waals surface area contributed by atoms with Gasteiger partial charge in [-0.2, -0.15) is 5.10 Å². The van der Waals surface area contributed by atoms with E-state index in [1.165, 1.54) is 18.2 Å². The number of nitrogens with zero attached hydrogens (tertiary/aromatic N) is 1. The molecule has 0 aliphatic carbocycles. The fraction of sp³-hybridized carbons (Fsp3) is 0. The highest BCUT2D eigenvalue weighted by Gasteiger charge is 2.04. The lowest BCUT2D eigenvalue weighted by Gasteiger charge is -1.95. The number of halogens is 3. The summed E-state index contributed by atoms with van der Waals surface area (Å²) in [6, 6.07) is 7.92. The van der Waals surface area contributed by atoms with Crippen LogP contribution in [0.2, 0.25) is 0 Å². The predicted octanol–water partition coefficient (Wildman–Crippen LogP) is 4.15. The van der Waals surface area contributed by atoms with Gasteiger partial charge in [-0.05, 0) is 42.0 Å². The summed E-state index contributed by atoms with van der Waals surface area (Å²) < 4.78 is 38.9. The minimum absolute atomic E-state index is 0.350. The van der Waals surface area contributed by atoms with E-state index in [2.05, 4.69) is 10.2 Å². The molecule has 20 heavy (non-hydrogen) atoms. The monoisotopic (exact) mass is 274 g/mol. The molecule has 0 bridgehead atoms. The van der Waals surface area contributed by atoms with Crippen LogP contribution in [-0.2, 0) is 0 Å². The molecule has 0 saturated carbocycles. The van der Waals surface area contributed by atoms with E-state index < -0.39 is 11.6 Å². The number of aromatic nitrogens is 2. The molecule has 0 atom stereocenters. The van der Waals surface area contributed by atoms with E-state index in [1.54, 1.807) is 18.2 Å². The Labute approximate surface area is 112 Å². The molecule has 2 aromatic carbocycles. The van der Waals surface area contributed by atoms with Crippen LogP contribution in [0.5, 0.6) is 0 Å². The second-order valence-corrected chi connectivity index (χ2v) is 4.31. The van der Waals surface area contributed by atoms with Crippen molar-refractivity contribution in [2.45, 2.75) is 0 Å². The van der Waals surface area contributed by atoms with Gasteiger partial charge >= 0.3 is 0 Å². The lowest BCUT2D eigenvalue weighted by molar-refractivity contribution is 0.508. The van der Waals surface area contributed by atoms with Crippen molar-refractivity contribution in [3.63, 3.8) is 0 Å². The summed E-state index contributed by atoms with van der Waals surface area (Å²) in [7, 11) is 0. The number of hydrogen-bond donors (Lipinski definition) is 1. The standard InChI is InChI=1S/C15H9F3N2/c16-10-3-4-11-14(19-20-15(11)8-10)6-2-9-1-5-12(17)13(18)7-9/h1-8H,(H,19,20)/b6-2+. The summed E-state index contributed by atoms with van der Waals surface area (Å²) in [5.74, 6) is -2.14. The minimum atomic E-state index is -0.902. The van der Waals surface area contributed by atoms with Crippen molar-refractivity contribution >= 4 is 23.1 Å². The fourth-order valence-electron chi connectivity index (χ4n) is 1.93. The summed E-state index contributed by atoms with van der Waals surface area (Å²) in [6.07, 6.45) is 3.27. The fourth-order valence-corrected chi connectivity index (χ4v) is 1.93. The Hall–Kier alpha value is -2.56. The molecule has 2 nitrogen and oxygen atoms in total. The second kappa shape index (κ2) is 4.85. The zero-order valence-electron chi connectivity index (χ0n) is 10.2. The Balaban J connectivity index is 1.96. The van der Waals surface area contributed by atoms with Crippen molar-refractivity contribution in [3.8, 4) is 0 Å². The van der Waals surface area contributed by atoms with E-state index in [-0.39, 0.29) is 5.82 Å². The van der Waals surface area contributed by atoms with Gasteiger partial charge in [-0.1, -0.05) is 12.1 Å². The highest BCUT2D eigenvalue weighted by Crippen LogP contribution is 2.19. The average molecular weight is 274 g/mol. The van der Waals surface area contributed by atoms with Gasteiger partial charge in [0.05, 0.1) is 11.2 Å². The first-order valence-corrected chi connectivity index (χ1v) is 5.90. The Morgan fingerprint density at radius 1 is 0.900 bits per heavy atom. The molecule has 0 amide bonds. The molecule has 1 heterocycles. The number of aromatic amines is 1. The molecular weight excluding hydrogens is 265 g/mol. The number of rotatable bonds is 2.